The van der Waals surface area contributed by atoms with Crippen molar-refractivity contribution < 1.29 is 5.11 Å². The van der Waals surface area contributed by atoms with Crippen LogP contribution in [0.2, 0.25) is 0 Å². The zero-order chi connectivity index (χ0) is 17.9. The molecule has 0 bridgehead atoms. The van der Waals surface area contributed by atoms with Gasteiger partial charge in [-0.3, -0.25) is 4.90 Å². The number of piperazine rings is 1. The number of aromatic nitrogens is 3. The summed E-state index contributed by atoms with van der Waals surface area (Å²) in [6, 6.07) is 11.1. The van der Waals surface area contributed by atoms with Crippen LogP contribution in [0.1, 0.15) is 17.5 Å². The first-order valence-corrected chi connectivity index (χ1v) is 9.18. The van der Waals surface area contributed by atoms with Crippen LogP contribution in [-0.2, 0) is 6.54 Å². The van der Waals surface area contributed by atoms with E-state index in [-0.39, 0.29) is 6.61 Å². The summed E-state index contributed by atoms with van der Waals surface area (Å²) in [4.78, 5) is 16.8. The predicted octanol–water partition coefficient (Wildman–Crippen LogP) is 2.34. The molecule has 1 aliphatic rings. The fourth-order valence-electron chi connectivity index (χ4n) is 3.75. The summed E-state index contributed by atoms with van der Waals surface area (Å²) in [7, 11) is 0. The number of benzene rings is 1. The van der Waals surface area contributed by atoms with Crippen molar-refractivity contribution in [1.29, 1.82) is 0 Å². The Morgan fingerprint density at radius 1 is 1.15 bits per heavy atom. The van der Waals surface area contributed by atoms with Gasteiger partial charge in [0.25, 0.3) is 0 Å². The third-order valence-electron chi connectivity index (χ3n) is 5.21. The summed E-state index contributed by atoms with van der Waals surface area (Å²) in [5, 5.41) is 10.6. The van der Waals surface area contributed by atoms with Crippen LogP contribution in [0.3, 0.4) is 0 Å². The summed E-state index contributed by atoms with van der Waals surface area (Å²) in [6.07, 6.45) is 4.29. The molecule has 1 atom stereocenters. The molecule has 1 fully saturated rings. The van der Waals surface area contributed by atoms with Gasteiger partial charge in [-0.2, -0.15) is 0 Å². The number of anilines is 1. The van der Waals surface area contributed by atoms with Gasteiger partial charge >= 0.3 is 0 Å². The molecule has 2 N–H and O–H groups in total. The van der Waals surface area contributed by atoms with Crippen molar-refractivity contribution in [3.63, 3.8) is 0 Å². The van der Waals surface area contributed by atoms with Crippen LogP contribution in [0, 0.1) is 6.92 Å². The van der Waals surface area contributed by atoms with Crippen molar-refractivity contribution in [1.82, 2.24) is 19.9 Å². The van der Waals surface area contributed by atoms with Crippen molar-refractivity contribution in [3.8, 4) is 0 Å². The van der Waals surface area contributed by atoms with E-state index in [0.29, 0.717) is 6.04 Å². The molecule has 26 heavy (non-hydrogen) atoms. The molecule has 0 aliphatic carbocycles. The highest BCUT2D eigenvalue weighted by atomic mass is 16.3. The molecule has 1 aromatic carbocycles. The number of aliphatic hydroxyl groups is 1. The minimum atomic E-state index is 0.201. The lowest BCUT2D eigenvalue weighted by Gasteiger charge is -2.42. The Balaban J connectivity index is 1.52. The Hall–Kier alpha value is -2.44. The summed E-state index contributed by atoms with van der Waals surface area (Å²) in [5.41, 5.74) is 3.47. The van der Waals surface area contributed by atoms with Gasteiger partial charge in [0, 0.05) is 45.0 Å². The summed E-state index contributed by atoms with van der Waals surface area (Å²) < 4.78 is 0. The largest absolute Gasteiger partial charge is 0.396 e. The summed E-state index contributed by atoms with van der Waals surface area (Å²) >= 11 is 0. The molecule has 1 saturated heterocycles. The maximum atomic E-state index is 9.56. The fraction of sp³-hybridized carbons (Fsp3) is 0.400. The maximum Gasteiger partial charge on any atom is 0.142 e. The third-order valence-corrected chi connectivity index (χ3v) is 5.21. The number of fused-ring (bicyclic) bond motifs is 1. The maximum absolute atomic E-state index is 9.56. The first-order chi connectivity index (χ1) is 12.7. The van der Waals surface area contributed by atoms with Gasteiger partial charge < -0.3 is 15.0 Å². The summed E-state index contributed by atoms with van der Waals surface area (Å²) in [5.74, 6) is 0.981. The van der Waals surface area contributed by atoms with E-state index in [0.717, 1.165) is 49.5 Å². The molecule has 0 radical (unpaired) electrons. The van der Waals surface area contributed by atoms with E-state index in [2.05, 4.69) is 55.9 Å². The van der Waals surface area contributed by atoms with E-state index in [1.54, 1.807) is 6.33 Å². The number of aryl methyl sites for hydroxylation is 1. The number of rotatable bonds is 5. The second-order valence-electron chi connectivity index (χ2n) is 7.01. The Kier molecular flexibility index (Phi) is 4.86. The Bertz CT molecular complexity index is 860. The number of nitrogens with zero attached hydrogens (tertiary/aromatic N) is 4. The number of aliphatic hydroxyl groups excluding tert-OH is 1. The van der Waals surface area contributed by atoms with Gasteiger partial charge in [-0.05, 0) is 25.0 Å². The van der Waals surface area contributed by atoms with Crippen LogP contribution < -0.4 is 4.90 Å². The molecule has 4 rings (SSSR count). The SMILES string of the molecule is Cc1ccc(CN2CCN(c3ncnc4[nH]ccc34)CC2CCO)cc1. The molecule has 6 nitrogen and oxygen atoms in total. The van der Waals surface area contributed by atoms with Gasteiger partial charge in [-0.25, -0.2) is 9.97 Å². The number of hydrogen-bond donors (Lipinski definition) is 2. The predicted molar refractivity (Wildman–Crippen MR) is 103 cm³/mol. The second kappa shape index (κ2) is 7.43. The Morgan fingerprint density at radius 2 is 2.00 bits per heavy atom. The molecule has 2 aromatic heterocycles. The fourth-order valence-corrected chi connectivity index (χ4v) is 3.75. The minimum Gasteiger partial charge on any atom is -0.396 e. The molecule has 1 aliphatic heterocycles. The van der Waals surface area contributed by atoms with Gasteiger partial charge in [0.1, 0.15) is 17.8 Å². The quantitative estimate of drug-likeness (QED) is 0.738. The minimum absolute atomic E-state index is 0.201. The van der Waals surface area contributed by atoms with Crippen molar-refractivity contribution >= 4 is 16.9 Å². The van der Waals surface area contributed by atoms with E-state index in [9.17, 15) is 5.11 Å². The standard InChI is InChI=1S/C20H25N5O/c1-15-2-4-16(5-3-15)12-24-9-10-25(13-17(24)7-11-26)20-18-6-8-21-19(18)22-14-23-20/h2-6,8,14,17,26H,7,9-13H2,1H3,(H,21,22,23). The molecule has 0 spiro atoms. The van der Waals surface area contributed by atoms with E-state index < -0.39 is 0 Å². The van der Waals surface area contributed by atoms with E-state index in [1.165, 1.54) is 11.1 Å². The Labute approximate surface area is 153 Å². The van der Waals surface area contributed by atoms with Crippen molar-refractivity contribution in [2.24, 2.45) is 0 Å². The molecule has 6 heteroatoms. The van der Waals surface area contributed by atoms with Crippen LogP contribution >= 0.6 is 0 Å². The van der Waals surface area contributed by atoms with E-state index in [1.807, 2.05) is 12.3 Å². The van der Waals surface area contributed by atoms with Crippen LogP contribution in [0.15, 0.2) is 42.9 Å². The molecule has 0 amide bonds. The van der Waals surface area contributed by atoms with Gasteiger partial charge in [0.05, 0.1) is 5.39 Å². The topological polar surface area (TPSA) is 68.3 Å². The van der Waals surface area contributed by atoms with Gasteiger partial charge in [-0.15, -0.1) is 0 Å². The zero-order valence-electron chi connectivity index (χ0n) is 15.1. The van der Waals surface area contributed by atoms with Crippen molar-refractivity contribution in [3.05, 3.63) is 54.0 Å². The normalized spacial score (nSPS) is 18.5. The molecule has 0 saturated carbocycles. The highest BCUT2D eigenvalue weighted by Crippen LogP contribution is 2.26. The monoisotopic (exact) mass is 351 g/mol. The third kappa shape index (κ3) is 3.43. The lowest BCUT2D eigenvalue weighted by molar-refractivity contribution is 0.135. The number of H-pyrrole nitrogens is 1. The number of nitrogens with one attached hydrogen (secondary N) is 1. The average molecular weight is 351 g/mol. The smallest absolute Gasteiger partial charge is 0.142 e. The lowest BCUT2D eigenvalue weighted by atomic mass is 10.1. The number of aromatic amines is 1. The Morgan fingerprint density at radius 3 is 2.81 bits per heavy atom. The van der Waals surface area contributed by atoms with Crippen LogP contribution in [0.5, 0.6) is 0 Å². The molecule has 3 heterocycles. The van der Waals surface area contributed by atoms with Crippen molar-refractivity contribution in [2.45, 2.75) is 25.9 Å². The average Bonchev–Trinajstić information content (AvgIpc) is 3.14. The highest BCUT2D eigenvalue weighted by Gasteiger charge is 2.28. The molecule has 1 unspecified atom stereocenters. The number of hydrogen-bond acceptors (Lipinski definition) is 5. The zero-order valence-corrected chi connectivity index (χ0v) is 15.1. The van der Waals surface area contributed by atoms with Gasteiger partial charge in [0.15, 0.2) is 0 Å². The van der Waals surface area contributed by atoms with Gasteiger partial charge in [-0.1, -0.05) is 29.8 Å². The van der Waals surface area contributed by atoms with Gasteiger partial charge in [0.2, 0.25) is 0 Å². The van der Waals surface area contributed by atoms with Crippen LogP contribution in [0.4, 0.5) is 5.82 Å². The highest BCUT2D eigenvalue weighted by molar-refractivity contribution is 5.87. The van der Waals surface area contributed by atoms with Crippen LogP contribution in [-0.4, -0.2) is 57.2 Å². The van der Waals surface area contributed by atoms with E-state index in [4.69, 9.17) is 0 Å². The van der Waals surface area contributed by atoms with Crippen molar-refractivity contribution in [2.75, 3.05) is 31.1 Å². The molecule has 136 valence electrons. The first-order valence-electron chi connectivity index (χ1n) is 9.18. The molecule has 3 aromatic rings. The summed E-state index contributed by atoms with van der Waals surface area (Å²) in [6.45, 7) is 5.97. The lowest BCUT2D eigenvalue weighted by Crippen LogP contribution is -2.53. The second-order valence-corrected chi connectivity index (χ2v) is 7.01. The molecular weight excluding hydrogens is 326 g/mol. The molecular formula is C20H25N5O. The first kappa shape index (κ1) is 17.0. The van der Waals surface area contributed by atoms with Crippen LogP contribution in [0.25, 0.3) is 11.0 Å². The van der Waals surface area contributed by atoms with E-state index >= 15 is 0 Å².